The molecule has 1 aromatic heterocycles. The van der Waals surface area contributed by atoms with Gasteiger partial charge in [0.1, 0.15) is 4.90 Å². The molecule has 0 aliphatic rings. The van der Waals surface area contributed by atoms with Crippen molar-refractivity contribution in [1.29, 1.82) is 0 Å². The van der Waals surface area contributed by atoms with Crippen LogP contribution in [0.1, 0.15) is 5.56 Å². The Balaban J connectivity index is 2.29. The van der Waals surface area contributed by atoms with E-state index in [2.05, 4.69) is 15.4 Å². The topological polar surface area (TPSA) is 82.0 Å². The Bertz CT molecular complexity index is 596. The monoisotopic (exact) mass is 251 g/mol. The van der Waals surface area contributed by atoms with E-state index in [1.807, 2.05) is 6.92 Å². The molecule has 1 aromatic carbocycles. The normalized spacial score (nSPS) is 11.1. The summed E-state index contributed by atoms with van der Waals surface area (Å²) in [5.41, 5.74) is 0.969. The highest BCUT2D eigenvalue weighted by atomic mass is 32.2. The van der Waals surface area contributed by atoms with Gasteiger partial charge in [-0.05, 0) is 24.3 Å². The lowest BCUT2D eigenvalue weighted by atomic mass is 10.2. The van der Waals surface area contributed by atoms with E-state index in [-0.39, 0.29) is 10.6 Å². The molecular formula is C10H9N3O3S. The predicted molar refractivity (Wildman–Crippen MR) is 58.8 cm³/mol. The van der Waals surface area contributed by atoms with Gasteiger partial charge in [0.15, 0.2) is 5.75 Å². The maximum absolute atomic E-state index is 11.8. The number of hydrogen-bond donors (Lipinski definition) is 0. The summed E-state index contributed by atoms with van der Waals surface area (Å²) in [5, 5.41) is 10.1. The SMILES string of the molecule is Cc1ccc(S(=O)(=O)Oc2cnnnc2)cc1. The number of hydrogen-bond acceptors (Lipinski definition) is 6. The zero-order valence-electron chi connectivity index (χ0n) is 8.94. The Kier molecular flexibility index (Phi) is 3.01. The zero-order valence-corrected chi connectivity index (χ0v) is 9.76. The number of benzene rings is 1. The molecule has 2 rings (SSSR count). The van der Waals surface area contributed by atoms with Crippen molar-refractivity contribution >= 4 is 10.1 Å². The summed E-state index contributed by atoms with van der Waals surface area (Å²) in [6.07, 6.45) is 2.36. The van der Waals surface area contributed by atoms with Crippen LogP contribution < -0.4 is 4.18 Å². The fourth-order valence-corrected chi connectivity index (χ4v) is 2.06. The van der Waals surface area contributed by atoms with Crippen LogP contribution in [0.5, 0.6) is 5.75 Å². The van der Waals surface area contributed by atoms with Crippen LogP contribution in [-0.4, -0.2) is 23.8 Å². The van der Waals surface area contributed by atoms with Gasteiger partial charge in [-0.2, -0.15) is 8.42 Å². The molecule has 2 aromatic rings. The van der Waals surface area contributed by atoms with E-state index in [1.54, 1.807) is 12.1 Å². The first-order valence-corrected chi connectivity index (χ1v) is 6.13. The Morgan fingerprint density at radius 2 is 1.65 bits per heavy atom. The van der Waals surface area contributed by atoms with Crippen LogP contribution in [0.3, 0.4) is 0 Å². The van der Waals surface area contributed by atoms with Crippen LogP contribution in [-0.2, 0) is 10.1 Å². The lowest BCUT2D eigenvalue weighted by Crippen LogP contribution is -2.10. The van der Waals surface area contributed by atoms with Gasteiger partial charge >= 0.3 is 10.1 Å². The van der Waals surface area contributed by atoms with E-state index in [0.29, 0.717) is 0 Å². The van der Waals surface area contributed by atoms with E-state index >= 15 is 0 Å². The highest BCUT2D eigenvalue weighted by Gasteiger charge is 2.16. The highest BCUT2D eigenvalue weighted by molar-refractivity contribution is 7.87. The molecule has 0 aliphatic heterocycles. The first kappa shape index (κ1) is 11.5. The third kappa shape index (κ3) is 2.76. The van der Waals surface area contributed by atoms with Gasteiger partial charge in [-0.15, -0.1) is 10.2 Å². The van der Waals surface area contributed by atoms with Gasteiger partial charge < -0.3 is 4.18 Å². The molecule has 0 bridgehead atoms. The van der Waals surface area contributed by atoms with E-state index < -0.39 is 10.1 Å². The molecule has 0 saturated carbocycles. The molecule has 0 fully saturated rings. The number of rotatable bonds is 3. The van der Waals surface area contributed by atoms with E-state index in [4.69, 9.17) is 4.18 Å². The fraction of sp³-hybridized carbons (Fsp3) is 0.100. The summed E-state index contributed by atoms with van der Waals surface area (Å²) >= 11 is 0. The Hall–Kier alpha value is -2.02. The molecular weight excluding hydrogens is 242 g/mol. The summed E-state index contributed by atoms with van der Waals surface area (Å²) in [6, 6.07) is 6.35. The first-order valence-electron chi connectivity index (χ1n) is 4.72. The second kappa shape index (κ2) is 4.46. The first-order chi connectivity index (χ1) is 8.08. The molecule has 6 nitrogen and oxygen atoms in total. The lowest BCUT2D eigenvalue weighted by molar-refractivity contribution is 0.481. The Labute approximate surface area is 98.4 Å². The summed E-state index contributed by atoms with van der Waals surface area (Å²) in [6.45, 7) is 1.87. The van der Waals surface area contributed by atoms with Crippen molar-refractivity contribution in [3.05, 3.63) is 42.2 Å². The molecule has 0 radical (unpaired) electrons. The summed E-state index contributed by atoms with van der Waals surface area (Å²) in [4.78, 5) is 0.0833. The van der Waals surface area contributed by atoms with Crippen LogP contribution in [0.25, 0.3) is 0 Å². The number of nitrogens with zero attached hydrogens (tertiary/aromatic N) is 3. The van der Waals surface area contributed by atoms with Crippen molar-refractivity contribution in [2.75, 3.05) is 0 Å². The molecule has 17 heavy (non-hydrogen) atoms. The summed E-state index contributed by atoms with van der Waals surface area (Å²) in [7, 11) is -3.84. The van der Waals surface area contributed by atoms with Gasteiger partial charge in [0.05, 0.1) is 12.4 Å². The van der Waals surface area contributed by atoms with Crippen LogP contribution >= 0.6 is 0 Å². The van der Waals surface area contributed by atoms with Crippen molar-refractivity contribution in [3.63, 3.8) is 0 Å². The smallest absolute Gasteiger partial charge is 0.339 e. The average Bonchev–Trinajstić information content (AvgIpc) is 2.30. The molecule has 0 N–H and O–H groups in total. The molecule has 88 valence electrons. The average molecular weight is 251 g/mol. The van der Waals surface area contributed by atoms with Crippen molar-refractivity contribution in [3.8, 4) is 5.75 Å². The minimum atomic E-state index is -3.84. The largest absolute Gasteiger partial charge is 0.375 e. The fourth-order valence-electron chi connectivity index (χ4n) is 1.15. The molecule has 0 atom stereocenters. The third-order valence-corrected chi connectivity index (χ3v) is 3.25. The van der Waals surface area contributed by atoms with Crippen LogP contribution in [0.15, 0.2) is 41.6 Å². The van der Waals surface area contributed by atoms with E-state index in [1.165, 1.54) is 24.5 Å². The van der Waals surface area contributed by atoms with Crippen molar-refractivity contribution < 1.29 is 12.6 Å². The van der Waals surface area contributed by atoms with E-state index in [0.717, 1.165) is 5.56 Å². The number of aryl methyl sites for hydroxylation is 1. The molecule has 0 aliphatic carbocycles. The zero-order chi connectivity index (χ0) is 12.3. The van der Waals surface area contributed by atoms with Crippen molar-refractivity contribution in [1.82, 2.24) is 15.4 Å². The predicted octanol–water partition coefficient (Wildman–Crippen LogP) is 0.948. The van der Waals surface area contributed by atoms with Crippen LogP contribution in [0.2, 0.25) is 0 Å². The molecule has 7 heteroatoms. The molecule has 0 saturated heterocycles. The molecule has 0 spiro atoms. The van der Waals surface area contributed by atoms with Crippen molar-refractivity contribution in [2.45, 2.75) is 11.8 Å². The van der Waals surface area contributed by atoms with E-state index in [9.17, 15) is 8.42 Å². The van der Waals surface area contributed by atoms with Crippen molar-refractivity contribution in [2.24, 2.45) is 0 Å². The second-order valence-corrected chi connectivity index (χ2v) is 4.88. The molecule has 0 amide bonds. The van der Waals surface area contributed by atoms with Gasteiger partial charge in [-0.3, -0.25) is 0 Å². The molecule has 0 unspecified atom stereocenters. The van der Waals surface area contributed by atoms with Gasteiger partial charge in [0.2, 0.25) is 0 Å². The van der Waals surface area contributed by atoms with Gasteiger partial charge in [0, 0.05) is 0 Å². The summed E-state index contributed by atoms with van der Waals surface area (Å²) < 4.78 is 28.5. The van der Waals surface area contributed by atoms with Gasteiger partial charge in [-0.25, -0.2) is 0 Å². The third-order valence-electron chi connectivity index (χ3n) is 1.99. The van der Waals surface area contributed by atoms with Crippen LogP contribution in [0, 0.1) is 6.92 Å². The summed E-state index contributed by atoms with van der Waals surface area (Å²) in [5.74, 6) is 0.0283. The van der Waals surface area contributed by atoms with Crippen LogP contribution in [0.4, 0.5) is 0 Å². The second-order valence-electron chi connectivity index (χ2n) is 3.33. The highest BCUT2D eigenvalue weighted by Crippen LogP contribution is 2.16. The quantitative estimate of drug-likeness (QED) is 0.755. The molecule has 1 heterocycles. The lowest BCUT2D eigenvalue weighted by Gasteiger charge is -2.05. The minimum absolute atomic E-state index is 0.0283. The minimum Gasteiger partial charge on any atom is -0.375 e. The number of aromatic nitrogens is 3. The van der Waals surface area contributed by atoms with Gasteiger partial charge in [0.25, 0.3) is 0 Å². The van der Waals surface area contributed by atoms with Gasteiger partial charge in [-0.1, -0.05) is 17.7 Å². The maximum atomic E-state index is 11.8. The Morgan fingerprint density at radius 1 is 1.06 bits per heavy atom. The Morgan fingerprint density at radius 3 is 2.24 bits per heavy atom. The maximum Gasteiger partial charge on any atom is 0.339 e. The standard InChI is InChI=1S/C10H9N3O3S/c1-8-2-4-10(5-3-8)17(14,15)16-9-6-11-13-12-7-9/h2-7H,1H3.